The lowest BCUT2D eigenvalue weighted by Crippen LogP contribution is -2.41. The number of anilines is 1. The van der Waals surface area contributed by atoms with E-state index in [4.69, 9.17) is 16.3 Å². The highest BCUT2D eigenvalue weighted by molar-refractivity contribution is 7.18. The Morgan fingerprint density at radius 1 is 1.14 bits per heavy atom. The van der Waals surface area contributed by atoms with E-state index in [9.17, 15) is 19.2 Å². The molecular weight excluding hydrogens is 514 g/mol. The summed E-state index contributed by atoms with van der Waals surface area (Å²) in [6.07, 6.45) is 0.500. The van der Waals surface area contributed by atoms with Crippen molar-refractivity contribution in [1.29, 1.82) is 0 Å². The van der Waals surface area contributed by atoms with Crippen LogP contribution in [0.15, 0.2) is 58.1 Å². The molecule has 0 atom stereocenters. The van der Waals surface area contributed by atoms with Crippen LogP contribution < -0.4 is 16.6 Å². The number of thiophene rings is 1. The van der Waals surface area contributed by atoms with Gasteiger partial charge in [-0.2, -0.15) is 0 Å². The largest absolute Gasteiger partial charge is 0.370 e. The van der Waals surface area contributed by atoms with Gasteiger partial charge in [-0.25, -0.2) is 9.36 Å². The van der Waals surface area contributed by atoms with Crippen LogP contribution in [0.4, 0.5) is 5.69 Å². The Balaban J connectivity index is 1.64. The molecule has 2 aromatic heterocycles. The van der Waals surface area contributed by atoms with E-state index in [1.54, 1.807) is 48.5 Å². The van der Waals surface area contributed by atoms with Crippen molar-refractivity contribution in [2.75, 3.05) is 5.32 Å². The molecule has 8 nitrogen and oxygen atoms in total. The van der Waals surface area contributed by atoms with Crippen LogP contribution in [0.1, 0.15) is 41.6 Å². The molecule has 0 bridgehead atoms. The van der Waals surface area contributed by atoms with Gasteiger partial charge in [0.05, 0.1) is 23.3 Å². The minimum atomic E-state index is -0.638. The first-order valence-corrected chi connectivity index (χ1v) is 12.8. The van der Waals surface area contributed by atoms with Crippen molar-refractivity contribution in [2.24, 2.45) is 0 Å². The highest BCUT2D eigenvalue weighted by atomic mass is 35.5. The van der Waals surface area contributed by atoms with Gasteiger partial charge in [-0.15, -0.1) is 11.3 Å². The monoisotopic (exact) mass is 537 g/mol. The van der Waals surface area contributed by atoms with Gasteiger partial charge >= 0.3 is 5.69 Å². The van der Waals surface area contributed by atoms with Gasteiger partial charge < -0.3 is 10.1 Å². The van der Waals surface area contributed by atoms with Crippen molar-refractivity contribution in [1.82, 2.24) is 9.13 Å². The Hall–Kier alpha value is -3.53. The minimum absolute atomic E-state index is 0.0797. The zero-order valence-electron chi connectivity index (χ0n) is 20.5. The van der Waals surface area contributed by atoms with Crippen molar-refractivity contribution < 1.29 is 14.3 Å². The Kier molecular flexibility index (Phi) is 6.39. The van der Waals surface area contributed by atoms with Crippen LogP contribution in [0.2, 0.25) is 5.02 Å². The van der Waals surface area contributed by atoms with E-state index in [1.165, 1.54) is 22.8 Å². The predicted molar refractivity (Wildman–Crippen MR) is 144 cm³/mol. The number of Topliss-reactive ketones (excluding diaryl/α,β-unsaturated/α-hetero) is 1. The number of nitrogens with one attached hydrogen (secondary N) is 1. The third kappa shape index (κ3) is 4.77. The van der Waals surface area contributed by atoms with E-state index in [0.29, 0.717) is 45.2 Å². The van der Waals surface area contributed by atoms with E-state index in [0.717, 1.165) is 15.0 Å². The Bertz CT molecular complexity index is 1680. The summed E-state index contributed by atoms with van der Waals surface area (Å²) in [5.74, 6) is -0.526. The number of carbonyl (C=O) groups excluding carboxylic acids is 2. The molecular formula is C27H24ClN3O5S. The van der Waals surface area contributed by atoms with Crippen molar-refractivity contribution in [2.45, 2.75) is 45.9 Å². The van der Waals surface area contributed by atoms with Crippen molar-refractivity contribution in [3.63, 3.8) is 0 Å². The Morgan fingerprint density at radius 2 is 1.86 bits per heavy atom. The molecule has 3 heterocycles. The number of ether oxygens (including phenoxy) is 1. The maximum absolute atomic E-state index is 13.8. The summed E-state index contributed by atoms with van der Waals surface area (Å²) in [5, 5.41) is 3.56. The molecule has 0 saturated heterocycles. The molecule has 190 valence electrons. The average Bonchev–Trinajstić information content (AvgIpc) is 3.20. The number of hydrogen-bond acceptors (Lipinski definition) is 6. The number of benzene rings is 2. The number of fused-ring (bicyclic) bond motifs is 3. The second-order valence-electron chi connectivity index (χ2n) is 9.58. The van der Waals surface area contributed by atoms with Gasteiger partial charge in [0.25, 0.3) is 5.56 Å². The molecule has 0 radical (unpaired) electrons. The van der Waals surface area contributed by atoms with Gasteiger partial charge in [-0.1, -0.05) is 17.7 Å². The summed E-state index contributed by atoms with van der Waals surface area (Å²) >= 11 is 7.47. The summed E-state index contributed by atoms with van der Waals surface area (Å²) in [7, 11) is 0. The molecule has 5 rings (SSSR count). The lowest BCUT2D eigenvalue weighted by molar-refractivity contribution is -0.116. The van der Waals surface area contributed by atoms with Gasteiger partial charge in [0.15, 0.2) is 5.78 Å². The van der Waals surface area contributed by atoms with Crippen LogP contribution in [0.25, 0.3) is 15.9 Å². The molecule has 10 heteroatoms. The summed E-state index contributed by atoms with van der Waals surface area (Å²) in [5.41, 5.74) is 0.616. The van der Waals surface area contributed by atoms with Crippen LogP contribution in [0.3, 0.4) is 0 Å². The molecule has 37 heavy (non-hydrogen) atoms. The lowest BCUT2D eigenvalue weighted by Gasteiger charge is -2.29. The number of amides is 1. The second kappa shape index (κ2) is 9.41. The van der Waals surface area contributed by atoms with Gasteiger partial charge in [-0.3, -0.25) is 19.0 Å². The third-order valence-electron chi connectivity index (χ3n) is 6.30. The summed E-state index contributed by atoms with van der Waals surface area (Å²) in [4.78, 5) is 53.4. The fourth-order valence-electron chi connectivity index (χ4n) is 4.47. The lowest BCUT2D eigenvalue weighted by atomic mass is 9.94. The minimum Gasteiger partial charge on any atom is -0.370 e. The van der Waals surface area contributed by atoms with Gasteiger partial charge in [0.1, 0.15) is 11.4 Å². The molecule has 0 unspecified atom stereocenters. The molecule has 1 N–H and O–H groups in total. The molecule has 0 saturated carbocycles. The third-order valence-corrected chi connectivity index (χ3v) is 7.76. The normalized spacial score (nSPS) is 14.4. The number of halogens is 1. The maximum atomic E-state index is 13.8. The standard InChI is InChI=1S/C27H24ClN3O5S/c1-15(32)16-7-9-18(10-8-16)29-22(33)13-30-25-23(20-12-27(2,3)36-14-21(20)37-25)24(34)31(26(30)35)19-6-4-5-17(28)11-19/h4-11H,12-14H2,1-3H3,(H,29,33). The quantitative estimate of drug-likeness (QED) is 0.376. The first-order valence-electron chi connectivity index (χ1n) is 11.6. The van der Waals surface area contributed by atoms with E-state index < -0.39 is 22.8 Å². The summed E-state index contributed by atoms with van der Waals surface area (Å²) < 4.78 is 8.34. The smallest absolute Gasteiger partial charge is 0.337 e. The fourth-order valence-corrected chi connectivity index (χ4v) is 5.87. The highest BCUT2D eigenvalue weighted by Crippen LogP contribution is 2.37. The molecule has 0 spiro atoms. The molecule has 2 aromatic carbocycles. The van der Waals surface area contributed by atoms with E-state index in [-0.39, 0.29) is 12.3 Å². The number of aromatic nitrogens is 2. The van der Waals surface area contributed by atoms with E-state index >= 15 is 0 Å². The Morgan fingerprint density at radius 3 is 2.54 bits per heavy atom. The zero-order valence-corrected chi connectivity index (χ0v) is 22.0. The first kappa shape index (κ1) is 25.1. The van der Waals surface area contributed by atoms with Crippen LogP contribution in [-0.4, -0.2) is 26.4 Å². The van der Waals surface area contributed by atoms with Crippen LogP contribution in [0.5, 0.6) is 0 Å². The molecule has 0 aliphatic carbocycles. The first-order chi connectivity index (χ1) is 17.5. The summed E-state index contributed by atoms with van der Waals surface area (Å²) in [6, 6.07) is 13.0. The van der Waals surface area contributed by atoms with Crippen molar-refractivity contribution in [3.05, 3.63) is 90.4 Å². The fraction of sp³-hybridized carbons (Fsp3) is 0.259. The van der Waals surface area contributed by atoms with Gasteiger partial charge in [0.2, 0.25) is 5.91 Å². The Labute approximate surface area is 221 Å². The molecule has 1 aliphatic rings. The van der Waals surface area contributed by atoms with E-state index in [1.807, 2.05) is 13.8 Å². The molecule has 0 fully saturated rings. The SMILES string of the molecule is CC(=O)c1ccc(NC(=O)Cn2c(=O)n(-c3cccc(Cl)c3)c(=O)c3c4c(sc32)COC(C)(C)C4)cc1. The maximum Gasteiger partial charge on any atom is 0.337 e. The van der Waals surface area contributed by atoms with E-state index in [2.05, 4.69) is 5.32 Å². The zero-order chi connectivity index (χ0) is 26.5. The number of carbonyl (C=O) groups is 2. The van der Waals surface area contributed by atoms with Gasteiger partial charge in [0, 0.05) is 27.6 Å². The number of hydrogen-bond donors (Lipinski definition) is 1. The number of ketones is 1. The van der Waals surface area contributed by atoms with Crippen LogP contribution >= 0.6 is 22.9 Å². The summed E-state index contributed by atoms with van der Waals surface area (Å²) in [6.45, 7) is 5.38. The van der Waals surface area contributed by atoms with Crippen LogP contribution in [-0.2, 0) is 29.1 Å². The number of rotatable bonds is 5. The predicted octanol–water partition coefficient (Wildman–Crippen LogP) is 4.56. The highest BCUT2D eigenvalue weighted by Gasteiger charge is 2.32. The molecule has 1 amide bonds. The van der Waals surface area contributed by atoms with Gasteiger partial charge in [-0.05, 0) is 68.8 Å². The topological polar surface area (TPSA) is 99.4 Å². The molecule has 1 aliphatic heterocycles. The second-order valence-corrected chi connectivity index (χ2v) is 11.1. The number of nitrogens with zero attached hydrogens (tertiary/aromatic N) is 2. The van der Waals surface area contributed by atoms with Crippen molar-refractivity contribution >= 4 is 50.5 Å². The van der Waals surface area contributed by atoms with Crippen molar-refractivity contribution in [3.8, 4) is 5.69 Å². The van der Waals surface area contributed by atoms with Crippen LogP contribution in [0, 0.1) is 0 Å². The molecule has 4 aromatic rings. The average molecular weight is 538 g/mol.